The molecule has 1 aliphatic rings. The zero-order valence-electron chi connectivity index (χ0n) is 19.2. The van der Waals surface area contributed by atoms with E-state index in [1.54, 1.807) is 12.1 Å². The van der Waals surface area contributed by atoms with E-state index in [0.29, 0.717) is 24.4 Å². The van der Waals surface area contributed by atoms with Crippen molar-refractivity contribution in [3.05, 3.63) is 101 Å². The van der Waals surface area contributed by atoms with Gasteiger partial charge in [0.25, 0.3) is 5.91 Å². The van der Waals surface area contributed by atoms with Crippen molar-refractivity contribution in [3.8, 4) is 22.8 Å². The number of amides is 1. The van der Waals surface area contributed by atoms with Gasteiger partial charge in [0.2, 0.25) is 0 Å². The first-order chi connectivity index (χ1) is 17.2. The molecule has 3 aromatic carbocycles. The van der Waals surface area contributed by atoms with E-state index < -0.39 is 0 Å². The number of hydrogen-bond acceptors (Lipinski definition) is 4. The van der Waals surface area contributed by atoms with Crippen LogP contribution in [0.1, 0.15) is 33.2 Å². The van der Waals surface area contributed by atoms with Crippen LogP contribution >= 0.6 is 0 Å². The molecule has 1 aliphatic heterocycles. The molecule has 0 fully saturated rings. The van der Waals surface area contributed by atoms with Crippen LogP contribution in [0.2, 0.25) is 0 Å². The van der Waals surface area contributed by atoms with E-state index in [-0.39, 0.29) is 17.7 Å². The summed E-state index contributed by atoms with van der Waals surface area (Å²) in [6.07, 6.45) is 2.71. The molecule has 6 rings (SSSR count). The lowest BCUT2D eigenvalue weighted by atomic mass is 9.95. The first kappa shape index (κ1) is 21.0. The van der Waals surface area contributed by atoms with Crippen molar-refractivity contribution >= 4 is 16.8 Å². The fourth-order valence-corrected chi connectivity index (χ4v) is 5.03. The number of phenolic OH excluding ortho intramolecular Hbond substituents is 1. The van der Waals surface area contributed by atoms with Gasteiger partial charge in [-0.15, -0.1) is 0 Å². The third-order valence-electron chi connectivity index (χ3n) is 6.73. The number of aromatic hydroxyl groups is 1. The van der Waals surface area contributed by atoms with Crippen LogP contribution in [-0.4, -0.2) is 44.7 Å². The summed E-state index contributed by atoms with van der Waals surface area (Å²) in [4.78, 5) is 18.8. The highest BCUT2D eigenvalue weighted by molar-refractivity contribution is 6.00. The van der Waals surface area contributed by atoms with Crippen LogP contribution in [0.15, 0.2) is 79.0 Å². The zero-order valence-corrected chi connectivity index (χ0v) is 19.2. The number of H-pyrrole nitrogens is 2. The number of aromatic nitrogens is 3. The summed E-state index contributed by atoms with van der Waals surface area (Å²) in [5.41, 5.74) is 6.12. The summed E-state index contributed by atoms with van der Waals surface area (Å²) in [7, 11) is 1.52. The fourth-order valence-electron chi connectivity index (χ4n) is 5.03. The van der Waals surface area contributed by atoms with Crippen molar-refractivity contribution in [2.24, 2.45) is 0 Å². The van der Waals surface area contributed by atoms with Gasteiger partial charge in [0.15, 0.2) is 11.5 Å². The lowest BCUT2D eigenvalue weighted by Gasteiger charge is -2.27. The summed E-state index contributed by atoms with van der Waals surface area (Å²) in [6, 6.07) is 22.9. The number of benzene rings is 3. The molecule has 0 spiro atoms. The molecule has 2 aromatic heterocycles. The van der Waals surface area contributed by atoms with Gasteiger partial charge in [0, 0.05) is 34.8 Å². The molecular formula is C28H24N4O3. The molecule has 0 saturated heterocycles. The molecule has 7 heteroatoms. The second-order valence-electron chi connectivity index (χ2n) is 8.67. The predicted molar refractivity (Wildman–Crippen MR) is 134 cm³/mol. The molecule has 5 aromatic rings. The number of para-hydroxylation sites is 1. The van der Waals surface area contributed by atoms with Gasteiger partial charge in [-0.2, -0.15) is 5.10 Å². The number of phenols is 1. The highest BCUT2D eigenvalue weighted by Gasteiger charge is 2.42. The summed E-state index contributed by atoms with van der Waals surface area (Å²) < 4.78 is 5.38. The minimum absolute atomic E-state index is 0.0571. The third kappa shape index (κ3) is 3.44. The number of fused-ring (bicyclic) bond motifs is 2. The fraction of sp³-hybridized carbons (Fsp3) is 0.143. The number of hydrogen-bond donors (Lipinski definition) is 3. The number of ether oxygens (including phenoxy) is 1. The normalized spacial score (nSPS) is 15.1. The Balaban J connectivity index is 1.43. The van der Waals surface area contributed by atoms with E-state index in [1.165, 1.54) is 7.11 Å². The molecule has 0 radical (unpaired) electrons. The molecule has 0 aliphatic carbocycles. The standard InChI is InChI=1S/C28H24N4O3/c1-35-23-15-18(11-12-22(23)33)27-24-25(17-7-3-2-4-8-17)30-31-26(24)28(34)32(27)14-13-19-16-29-21-10-6-5-9-20(19)21/h2-12,15-16,27,29,33H,13-14H2,1H3,(H,30,31). The molecule has 7 nitrogen and oxygen atoms in total. The minimum Gasteiger partial charge on any atom is -0.504 e. The van der Waals surface area contributed by atoms with Crippen LogP contribution in [0.3, 0.4) is 0 Å². The van der Waals surface area contributed by atoms with E-state index in [9.17, 15) is 9.90 Å². The Hall–Kier alpha value is -4.52. The number of aromatic amines is 2. The van der Waals surface area contributed by atoms with E-state index >= 15 is 0 Å². The molecule has 3 N–H and O–H groups in total. The quantitative estimate of drug-likeness (QED) is 0.327. The van der Waals surface area contributed by atoms with Crippen molar-refractivity contribution in [2.75, 3.05) is 13.7 Å². The molecule has 0 bridgehead atoms. The number of rotatable bonds is 6. The van der Waals surface area contributed by atoms with Crippen molar-refractivity contribution < 1.29 is 14.6 Å². The summed E-state index contributed by atoms with van der Waals surface area (Å²) in [5, 5.41) is 18.9. The third-order valence-corrected chi connectivity index (χ3v) is 6.73. The minimum atomic E-state index is -0.369. The second-order valence-corrected chi connectivity index (χ2v) is 8.67. The molecule has 1 atom stereocenters. The maximum Gasteiger partial charge on any atom is 0.273 e. The molecule has 3 heterocycles. The maximum absolute atomic E-state index is 13.6. The van der Waals surface area contributed by atoms with Gasteiger partial charge < -0.3 is 19.7 Å². The van der Waals surface area contributed by atoms with Gasteiger partial charge in [-0.1, -0.05) is 54.6 Å². The van der Waals surface area contributed by atoms with Crippen LogP contribution in [0, 0.1) is 0 Å². The number of nitrogens with one attached hydrogen (secondary N) is 2. The average molecular weight is 465 g/mol. The van der Waals surface area contributed by atoms with E-state index in [1.807, 2.05) is 65.7 Å². The van der Waals surface area contributed by atoms with Crippen molar-refractivity contribution in [2.45, 2.75) is 12.5 Å². The summed E-state index contributed by atoms with van der Waals surface area (Å²) >= 11 is 0. The Labute approximate surface area is 202 Å². The van der Waals surface area contributed by atoms with E-state index in [2.05, 4.69) is 21.2 Å². The number of methoxy groups -OCH3 is 1. The van der Waals surface area contributed by atoms with Gasteiger partial charge in [-0.25, -0.2) is 0 Å². The smallest absolute Gasteiger partial charge is 0.273 e. The molecule has 35 heavy (non-hydrogen) atoms. The zero-order chi connectivity index (χ0) is 23.9. The number of carbonyl (C=O) groups is 1. The molecule has 1 unspecified atom stereocenters. The topological polar surface area (TPSA) is 94.2 Å². The van der Waals surface area contributed by atoms with Crippen molar-refractivity contribution in [1.82, 2.24) is 20.1 Å². The Morgan fingerprint density at radius 3 is 2.69 bits per heavy atom. The Bertz CT molecular complexity index is 1540. The van der Waals surface area contributed by atoms with Gasteiger partial charge in [-0.05, 0) is 35.7 Å². The largest absolute Gasteiger partial charge is 0.504 e. The SMILES string of the molecule is COc1cc(C2c3c(-c4ccccc4)n[nH]c3C(=O)N2CCc2c[nH]c3ccccc23)ccc1O. The summed E-state index contributed by atoms with van der Waals surface area (Å²) in [6.45, 7) is 0.519. The summed E-state index contributed by atoms with van der Waals surface area (Å²) in [5.74, 6) is 0.331. The second kappa shape index (κ2) is 8.36. The van der Waals surface area contributed by atoms with Crippen LogP contribution in [-0.2, 0) is 6.42 Å². The van der Waals surface area contributed by atoms with Gasteiger partial charge in [0.1, 0.15) is 5.69 Å². The molecule has 174 valence electrons. The highest BCUT2D eigenvalue weighted by Crippen LogP contribution is 2.44. The first-order valence-electron chi connectivity index (χ1n) is 11.5. The molecule has 1 amide bonds. The molecular weight excluding hydrogens is 440 g/mol. The first-order valence-corrected chi connectivity index (χ1v) is 11.5. The number of nitrogens with zero attached hydrogens (tertiary/aromatic N) is 2. The Morgan fingerprint density at radius 1 is 1.06 bits per heavy atom. The van der Waals surface area contributed by atoms with Crippen LogP contribution in [0.4, 0.5) is 0 Å². The Morgan fingerprint density at radius 2 is 1.86 bits per heavy atom. The van der Waals surface area contributed by atoms with Crippen LogP contribution < -0.4 is 4.74 Å². The van der Waals surface area contributed by atoms with Gasteiger partial charge in [0.05, 0.1) is 18.8 Å². The maximum atomic E-state index is 13.6. The predicted octanol–water partition coefficient (Wildman–Crippen LogP) is 5.06. The lowest BCUT2D eigenvalue weighted by Crippen LogP contribution is -2.31. The molecule has 0 saturated carbocycles. The van der Waals surface area contributed by atoms with E-state index in [4.69, 9.17) is 4.74 Å². The van der Waals surface area contributed by atoms with Gasteiger partial charge in [-0.3, -0.25) is 9.89 Å². The van der Waals surface area contributed by atoms with Crippen LogP contribution in [0.25, 0.3) is 22.2 Å². The monoisotopic (exact) mass is 464 g/mol. The van der Waals surface area contributed by atoms with Gasteiger partial charge >= 0.3 is 0 Å². The van der Waals surface area contributed by atoms with E-state index in [0.717, 1.165) is 38.9 Å². The van der Waals surface area contributed by atoms with Crippen molar-refractivity contribution in [3.63, 3.8) is 0 Å². The number of carbonyl (C=O) groups excluding carboxylic acids is 1. The average Bonchev–Trinajstić information content (AvgIpc) is 3.58. The Kier molecular flexibility index (Phi) is 5.03. The lowest BCUT2D eigenvalue weighted by molar-refractivity contribution is 0.0746. The highest BCUT2D eigenvalue weighted by atomic mass is 16.5. The van der Waals surface area contributed by atoms with Crippen LogP contribution in [0.5, 0.6) is 11.5 Å². The van der Waals surface area contributed by atoms with Crippen molar-refractivity contribution in [1.29, 1.82) is 0 Å².